The van der Waals surface area contributed by atoms with E-state index in [0.717, 1.165) is 63.4 Å². The number of carbonyl (C=O) groups excluding carboxylic acids is 1. The first-order chi connectivity index (χ1) is 16.0. The Morgan fingerprint density at radius 2 is 2.03 bits per heavy atom. The number of ether oxygens (including phenoxy) is 2. The second-order valence-corrected chi connectivity index (χ2v) is 10.2. The van der Waals surface area contributed by atoms with Crippen LogP contribution in [0.15, 0.2) is 42.5 Å². The maximum absolute atomic E-state index is 11.6. The average Bonchev–Trinajstić information content (AvgIpc) is 2.79. The molecule has 0 spiro atoms. The minimum absolute atomic E-state index is 0.0835. The summed E-state index contributed by atoms with van der Waals surface area (Å²) in [5.74, 6) is 2.26. The fourth-order valence-corrected chi connectivity index (χ4v) is 5.26. The predicted molar refractivity (Wildman–Crippen MR) is 138 cm³/mol. The number of anilines is 1. The fraction of sp³-hybridized carbons (Fsp3) is 0.385. The van der Waals surface area contributed by atoms with Crippen molar-refractivity contribution >= 4 is 45.1 Å². The van der Waals surface area contributed by atoms with Crippen molar-refractivity contribution in [3.8, 4) is 11.5 Å². The van der Waals surface area contributed by atoms with Crippen LogP contribution < -0.4 is 14.8 Å². The van der Waals surface area contributed by atoms with E-state index < -0.39 is 0 Å². The van der Waals surface area contributed by atoms with Crippen LogP contribution in [0, 0.1) is 16.4 Å². The summed E-state index contributed by atoms with van der Waals surface area (Å²) in [6.07, 6.45) is 3.39. The zero-order valence-electron chi connectivity index (χ0n) is 18.8. The standard InChI is InChI=1S/C26H28IN3O3/c1-17-2-4-21-22(28-17)14-20(27)15-25(21)32-11-10-30-8-6-18(7-9-30)12-19-3-5-24-23(13-19)29-26(31)16-33-24/h2-5,13-15,18H,6-12,16H2,1H3,(H,29,31). The molecule has 1 amide bonds. The number of pyridine rings is 1. The van der Waals surface area contributed by atoms with Gasteiger partial charge in [-0.3, -0.25) is 14.7 Å². The zero-order valence-corrected chi connectivity index (χ0v) is 20.9. The Balaban J connectivity index is 1.11. The minimum Gasteiger partial charge on any atom is -0.492 e. The van der Waals surface area contributed by atoms with E-state index in [9.17, 15) is 4.79 Å². The van der Waals surface area contributed by atoms with Crippen LogP contribution in [0.1, 0.15) is 24.1 Å². The van der Waals surface area contributed by atoms with Crippen molar-refractivity contribution in [3.05, 3.63) is 57.3 Å². The van der Waals surface area contributed by atoms with E-state index in [1.807, 2.05) is 19.1 Å². The molecule has 33 heavy (non-hydrogen) atoms. The first kappa shape index (κ1) is 22.4. The van der Waals surface area contributed by atoms with Gasteiger partial charge in [-0.25, -0.2) is 0 Å². The first-order valence-electron chi connectivity index (χ1n) is 11.5. The maximum Gasteiger partial charge on any atom is 0.262 e. The molecule has 172 valence electrons. The molecule has 5 rings (SSSR count). The lowest BCUT2D eigenvalue weighted by Crippen LogP contribution is -2.37. The van der Waals surface area contributed by atoms with Gasteiger partial charge in [0, 0.05) is 21.2 Å². The number of carbonyl (C=O) groups is 1. The maximum atomic E-state index is 11.6. The fourth-order valence-electron chi connectivity index (χ4n) is 4.68. The zero-order chi connectivity index (χ0) is 22.8. The lowest BCUT2D eigenvalue weighted by atomic mass is 9.90. The highest BCUT2D eigenvalue weighted by Crippen LogP contribution is 2.31. The smallest absolute Gasteiger partial charge is 0.262 e. The van der Waals surface area contributed by atoms with E-state index in [-0.39, 0.29) is 12.5 Å². The summed E-state index contributed by atoms with van der Waals surface area (Å²) in [7, 11) is 0. The molecular formula is C26H28IN3O3. The lowest BCUT2D eigenvalue weighted by Gasteiger charge is -2.32. The molecule has 0 radical (unpaired) electrons. The first-order valence-corrected chi connectivity index (χ1v) is 12.6. The Kier molecular flexibility index (Phi) is 6.69. The summed E-state index contributed by atoms with van der Waals surface area (Å²) >= 11 is 2.33. The molecule has 0 saturated carbocycles. The molecule has 1 saturated heterocycles. The van der Waals surface area contributed by atoms with Crippen LogP contribution in [-0.2, 0) is 11.2 Å². The van der Waals surface area contributed by atoms with Crippen LogP contribution in [0.4, 0.5) is 5.69 Å². The number of fused-ring (bicyclic) bond motifs is 2. The minimum atomic E-state index is -0.0835. The number of piperidine rings is 1. The van der Waals surface area contributed by atoms with E-state index in [1.165, 1.54) is 18.4 Å². The summed E-state index contributed by atoms with van der Waals surface area (Å²) in [5.41, 5.74) is 4.07. The number of halogens is 1. The van der Waals surface area contributed by atoms with Crippen molar-refractivity contribution in [2.75, 3.05) is 38.2 Å². The van der Waals surface area contributed by atoms with E-state index in [2.05, 4.69) is 68.1 Å². The Morgan fingerprint density at radius 1 is 1.18 bits per heavy atom. The Bertz CT molecular complexity index is 1170. The summed E-state index contributed by atoms with van der Waals surface area (Å²) < 4.78 is 12.8. The van der Waals surface area contributed by atoms with Crippen LogP contribution in [0.25, 0.3) is 10.9 Å². The van der Waals surface area contributed by atoms with Gasteiger partial charge in [-0.1, -0.05) is 6.07 Å². The van der Waals surface area contributed by atoms with Crippen LogP contribution in [-0.4, -0.2) is 48.6 Å². The highest BCUT2D eigenvalue weighted by atomic mass is 127. The van der Waals surface area contributed by atoms with E-state index in [1.54, 1.807) is 0 Å². The number of rotatable bonds is 6. The molecule has 2 aliphatic rings. The van der Waals surface area contributed by atoms with Crippen molar-refractivity contribution in [3.63, 3.8) is 0 Å². The van der Waals surface area contributed by atoms with Crippen LogP contribution in [0.5, 0.6) is 11.5 Å². The van der Waals surface area contributed by atoms with Gasteiger partial charge >= 0.3 is 0 Å². The number of hydrogen-bond acceptors (Lipinski definition) is 5. The van der Waals surface area contributed by atoms with Gasteiger partial charge in [-0.05, 0) is 110 Å². The molecular weight excluding hydrogens is 529 g/mol. The summed E-state index contributed by atoms with van der Waals surface area (Å²) in [6, 6.07) is 14.5. The van der Waals surface area contributed by atoms with Gasteiger partial charge in [0.05, 0.1) is 11.2 Å². The van der Waals surface area contributed by atoms with Gasteiger partial charge < -0.3 is 14.8 Å². The number of aromatic nitrogens is 1. The third-order valence-corrected chi connectivity index (χ3v) is 7.07. The largest absolute Gasteiger partial charge is 0.492 e. The van der Waals surface area contributed by atoms with Crippen molar-refractivity contribution in [1.29, 1.82) is 0 Å². The van der Waals surface area contributed by atoms with Crippen molar-refractivity contribution in [2.24, 2.45) is 5.92 Å². The van der Waals surface area contributed by atoms with Gasteiger partial charge in [-0.15, -0.1) is 0 Å². The summed E-state index contributed by atoms with van der Waals surface area (Å²) in [4.78, 5) is 18.7. The molecule has 0 aliphatic carbocycles. The number of likely N-dealkylation sites (tertiary alicyclic amines) is 1. The monoisotopic (exact) mass is 557 g/mol. The van der Waals surface area contributed by atoms with E-state index >= 15 is 0 Å². The highest BCUT2D eigenvalue weighted by molar-refractivity contribution is 14.1. The molecule has 3 aromatic rings. The van der Waals surface area contributed by atoms with Crippen molar-refractivity contribution in [1.82, 2.24) is 9.88 Å². The molecule has 7 heteroatoms. The number of aryl methyl sites for hydroxylation is 1. The third-order valence-electron chi connectivity index (χ3n) is 6.45. The second kappa shape index (κ2) is 9.85. The number of amides is 1. The topological polar surface area (TPSA) is 63.7 Å². The molecule has 0 unspecified atom stereocenters. The second-order valence-electron chi connectivity index (χ2n) is 8.93. The van der Waals surface area contributed by atoms with E-state index in [0.29, 0.717) is 12.5 Å². The molecule has 0 bridgehead atoms. The number of benzene rings is 2. The molecule has 2 aliphatic heterocycles. The molecule has 0 atom stereocenters. The number of hydrogen-bond donors (Lipinski definition) is 1. The molecule has 1 fully saturated rings. The van der Waals surface area contributed by atoms with Gasteiger partial charge in [0.25, 0.3) is 5.91 Å². The van der Waals surface area contributed by atoms with Crippen molar-refractivity contribution in [2.45, 2.75) is 26.2 Å². The third kappa shape index (κ3) is 5.41. The van der Waals surface area contributed by atoms with Gasteiger partial charge in [-0.2, -0.15) is 0 Å². The molecule has 3 heterocycles. The Morgan fingerprint density at radius 3 is 2.88 bits per heavy atom. The van der Waals surface area contributed by atoms with Gasteiger partial charge in [0.15, 0.2) is 6.61 Å². The summed E-state index contributed by atoms with van der Waals surface area (Å²) in [5, 5.41) is 3.98. The SMILES string of the molecule is Cc1ccc2c(OCCN3CCC(Cc4ccc5c(c4)NC(=O)CO5)CC3)cc(I)cc2n1. The lowest BCUT2D eigenvalue weighted by molar-refractivity contribution is -0.118. The van der Waals surface area contributed by atoms with Crippen LogP contribution >= 0.6 is 22.6 Å². The predicted octanol–water partition coefficient (Wildman–Crippen LogP) is 4.81. The Labute approximate surface area is 207 Å². The Hall–Kier alpha value is -2.39. The highest BCUT2D eigenvalue weighted by Gasteiger charge is 2.21. The van der Waals surface area contributed by atoms with E-state index in [4.69, 9.17) is 9.47 Å². The molecule has 1 aromatic heterocycles. The van der Waals surface area contributed by atoms with Crippen molar-refractivity contribution < 1.29 is 14.3 Å². The van der Waals surface area contributed by atoms with Crippen LogP contribution in [0.2, 0.25) is 0 Å². The number of nitrogens with zero attached hydrogens (tertiary/aromatic N) is 2. The molecule has 1 N–H and O–H groups in total. The summed E-state index contributed by atoms with van der Waals surface area (Å²) in [6.45, 7) is 5.91. The molecule has 2 aromatic carbocycles. The number of nitrogens with one attached hydrogen (secondary N) is 1. The normalized spacial score (nSPS) is 16.8. The van der Waals surface area contributed by atoms with Crippen LogP contribution in [0.3, 0.4) is 0 Å². The molecule has 6 nitrogen and oxygen atoms in total. The quantitative estimate of drug-likeness (QED) is 0.441. The van der Waals surface area contributed by atoms with Gasteiger partial charge in [0.2, 0.25) is 0 Å². The average molecular weight is 557 g/mol. The van der Waals surface area contributed by atoms with Gasteiger partial charge in [0.1, 0.15) is 18.1 Å².